The zero-order valence-electron chi connectivity index (χ0n) is 17.5. The number of amides is 2. The molecule has 4 rings (SSSR count). The number of hydrogen-bond acceptors (Lipinski definition) is 3. The van der Waals surface area contributed by atoms with E-state index in [0.717, 1.165) is 35.0 Å². The Morgan fingerprint density at radius 1 is 1.19 bits per heavy atom. The van der Waals surface area contributed by atoms with E-state index in [1.807, 2.05) is 17.0 Å². The van der Waals surface area contributed by atoms with Crippen LogP contribution in [0.1, 0.15) is 38.4 Å². The first kappa shape index (κ1) is 21.9. The maximum atomic E-state index is 12.6. The maximum Gasteiger partial charge on any atom is 0.321 e. The fourth-order valence-corrected chi connectivity index (χ4v) is 4.81. The van der Waals surface area contributed by atoms with E-state index < -0.39 is 11.5 Å². The Bertz CT molecular complexity index is 1070. The predicted octanol–water partition coefficient (Wildman–Crippen LogP) is 5.87. The number of piperidine rings is 1. The number of aliphatic hydroxyl groups is 1. The van der Waals surface area contributed by atoms with Crippen molar-refractivity contribution in [3.63, 3.8) is 0 Å². The van der Waals surface area contributed by atoms with Crippen molar-refractivity contribution in [2.24, 2.45) is 11.3 Å². The summed E-state index contributed by atoms with van der Waals surface area (Å²) in [6, 6.07) is 10.6. The number of likely N-dealkylation sites (tertiary alicyclic amines) is 1. The molecule has 1 aliphatic rings. The molecule has 31 heavy (non-hydrogen) atoms. The molecule has 2 heterocycles. The van der Waals surface area contributed by atoms with Crippen LogP contribution in [0.15, 0.2) is 42.6 Å². The van der Waals surface area contributed by atoms with Gasteiger partial charge in [0.25, 0.3) is 0 Å². The summed E-state index contributed by atoms with van der Waals surface area (Å²) in [7, 11) is 0. The van der Waals surface area contributed by atoms with Crippen LogP contribution >= 0.6 is 23.2 Å². The van der Waals surface area contributed by atoms with Gasteiger partial charge in [0.05, 0.1) is 17.8 Å². The number of nitrogens with zero attached hydrogens (tertiary/aromatic N) is 2. The van der Waals surface area contributed by atoms with Crippen LogP contribution in [0.25, 0.3) is 10.9 Å². The van der Waals surface area contributed by atoms with Gasteiger partial charge in [0.15, 0.2) is 0 Å². The van der Waals surface area contributed by atoms with Crippen LogP contribution in [0.3, 0.4) is 0 Å². The Labute approximate surface area is 191 Å². The molecule has 0 spiro atoms. The molecule has 1 saturated heterocycles. The SMILES string of the molecule is CC(C)(C1CCN(C(=O)Nc2ccc(Cl)cc2)CC1)[C@@H](O)c1cc(Cl)cc2cn[nH]c12. The van der Waals surface area contributed by atoms with Crippen LogP contribution < -0.4 is 5.32 Å². The Kier molecular flexibility index (Phi) is 6.15. The van der Waals surface area contributed by atoms with Gasteiger partial charge in [-0.15, -0.1) is 0 Å². The van der Waals surface area contributed by atoms with E-state index in [4.69, 9.17) is 23.2 Å². The van der Waals surface area contributed by atoms with Gasteiger partial charge in [0, 0.05) is 39.8 Å². The Hall–Kier alpha value is -2.28. The van der Waals surface area contributed by atoms with Crippen molar-refractivity contribution in [1.82, 2.24) is 15.1 Å². The number of aromatic nitrogens is 2. The minimum atomic E-state index is -0.714. The van der Waals surface area contributed by atoms with E-state index in [0.29, 0.717) is 23.1 Å². The Balaban J connectivity index is 1.42. The molecule has 0 aliphatic carbocycles. The van der Waals surface area contributed by atoms with Gasteiger partial charge in [-0.05, 0) is 60.6 Å². The molecule has 6 nitrogen and oxygen atoms in total. The van der Waals surface area contributed by atoms with E-state index >= 15 is 0 Å². The Morgan fingerprint density at radius 2 is 1.87 bits per heavy atom. The summed E-state index contributed by atoms with van der Waals surface area (Å²) < 4.78 is 0. The number of hydrogen-bond donors (Lipinski definition) is 3. The zero-order chi connectivity index (χ0) is 22.2. The second-order valence-electron chi connectivity index (χ2n) is 8.75. The number of benzene rings is 2. The van der Waals surface area contributed by atoms with E-state index in [1.54, 1.807) is 30.5 Å². The monoisotopic (exact) mass is 460 g/mol. The summed E-state index contributed by atoms with van der Waals surface area (Å²) in [5.41, 5.74) is 1.89. The molecular weight excluding hydrogens is 435 g/mol. The van der Waals surface area contributed by atoms with Crippen molar-refractivity contribution in [2.75, 3.05) is 18.4 Å². The molecule has 2 aromatic carbocycles. The second kappa shape index (κ2) is 8.69. The lowest BCUT2D eigenvalue weighted by Crippen LogP contribution is -2.45. The number of rotatable bonds is 4. The lowest BCUT2D eigenvalue weighted by Gasteiger charge is -2.43. The first-order valence-electron chi connectivity index (χ1n) is 10.4. The van der Waals surface area contributed by atoms with Crippen LogP contribution in [0.4, 0.5) is 10.5 Å². The normalized spacial score (nSPS) is 16.5. The molecule has 3 aromatic rings. The third-order valence-electron chi connectivity index (χ3n) is 6.47. The minimum Gasteiger partial charge on any atom is -0.388 e. The molecule has 0 unspecified atom stereocenters. The van der Waals surface area contributed by atoms with Gasteiger partial charge in [0.2, 0.25) is 0 Å². The highest BCUT2D eigenvalue weighted by atomic mass is 35.5. The van der Waals surface area contributed by atoms with Gasteiger partial charge in [-0.1, -0.05) is 37.0 Å². The number of halogens is 2. The van der Waals surface area contributed by atoms with E-state index in [1.165, 1.54) is 0 Å². The van der Waals surface area contributed by atoms with Gasteiger partial charge < -0.3 is 15.3 Å². The van der Waals surface area contributed by atoms with Crippen LogP contribution in [-0.2, 0) is 0 Å². The number of nitrogens with one attached hydrogen (secondary N) is 2. The van der Waals surface area contributed by atoms with Gasteiger partial charge in [-0.3, -0.25) is 5.10 Å². The summed E-state index contributed by atoms with van der Waals surface area (Å²) in [4.78, 5) is 14.4. The smallest absolute Gasteiger partial charge is 0.321 e. The van der Waals surface area contributed by atoms with Gasteiger partial charge >= 0.3 is 6.03 Å². The number of urea groups is 1. The maximum absolute atomic E-state index is 12.6. The lowest BCUT2D eigenvalue weighted by molar-refractivity contribution is -0.0138. The van der Waals surface area contributed by atoms with Crippen LogP contribution in [0.2, 0.25) is 10.0 Å². The zero-order valence-corrected chi connectivity index (χ0v) is 19.0. The Morgan fingerprint density at radius 3 is 2.55 bits per heavy atom. The molecule has 1 atom stereocenters. The molecule has 8 heteroatoms. The third kappa shape index (κ3) is 4.52. The second-order valence-corrected chi connectivity index (χ2v) is 9.62. The average molecular weight is 461 g/mol. The van der Waals surface area contributed by atoms with Crippen molar-refractivity contribution < 1.29 is 9.90 Å². The number of anilines is 1. The molecule has 1 aromatic heterocycles. The van der Waals surface area contributed by atoms with E-state index in [2.05, 4.69) is 29.4 Å². The topological polar surface area (TPSA) is 81.2 Å². The largest absolute Gasteiger partial charge is 0.388 e. The fourth-order valence-electron chi connectivity index (χ4n) is 4.45. The summed E-state index contributed by atoms with van der Waals surface area (Å²) in [5, 5.41) is 23.4. The van der Waals surface area contributed by atoms with E-state index in [9.17, 15) is 9.90 Å². The first-order chi connectivity index (χ1) is 14.8. The van der Waals surface area contributed by atoms with Crippen molar-refractivity contribution in [2.45, 2.75) is 32.8 Å². The molecular formula is C23H26Cl2N4O2. The third-order valence-corrected chi connectivity index (χ3v) is 6.94. The number of carbonyl (C=O) groups excluding carboxylic acids is 1. The first-order valence-corrected chi connectivity index (χ1v) is 11.1. The fraction of sp³-hybridized carbons (Fsp3) is 0.391. The summed E-state index contributed by atoms with van der Waals surface area (Å²) in [6.45, 7) is 5.42. The van der Waals surface area contributed by atoms with Crippen LogP contribution in [0.5, 0.6) is 0 Å². The molecule has 0 radical (unpaired) electrons. The quantitative estimate of drug-likeness (QED) is 0.454. The van der Waals surface area contributed by atoms with Gasteiger partial charge in [-0.25, -0.2) is 4.79 Å². The van der Waals surface area contributed by atoms with Crippen LogP contribution in [-0.4, -0.2) is 39.3 Å². The number of aromatic amines is 1. The van der Waals surface area contributed by atoms with Crippen LogP contribution in [0, 0.1) is 11.3 Å². The number of aliphatic hydroxyl groups excluding tert-OH is 1. The molecule has 1 fully saturated rings. The molecule has 3 N–H and O–H groups in total. The summed E-state index contributed by atoms with van der Waals surface area (Å²) in [6.07, 6.45) is 2.62. The summed E-state index contributed by atoms with van der Waals surface area (Å²) in [5.74, 6) is 0.249. The highest BCUT2D eigenvalue weighted by Crippen LogP contribution is 2.46. The minimum absolute atomic E-state index is 0.117. The average Bonchev–Trinajstić information content (AvgIpc) is 3.22. The number of fused-ring (bicyclic) bond motifs is 1. The molecule has 1 aliphatic heterocycles. The van der Waals surface area contributed by atoms with Crippen molar-refractivity contribution in [3.05, 3.63) is 58.2 Å². The van der Waals surface area contributed by atoms with Gasteiger partial charge in [-0.2, -0.15) is 5.10 Å². The van der Waals surface area contributed by atoms with Crippen molar-refractivity contribution >= 4 is 45.8 Å². The highest BCUT2D eigenvalue weighted by Gasteiger charge is 2.40. The van der Waals surface area contributed by atoms with E-state index in [-0.39, 0.29) is 11.9 Å². The summed E-state index contributed by atoms with van der Waals surface area (Å²) >= 11 is 12.2. The molecule has 164 valence electrons. The number of H-pyrrole nitrogens is 1. The van der Waals surface area contributed by atoms with Gasteiger partial charge in [0.1, 0.15) is 0 Å². The predicted molar refractivity (Wildman–Crippen MR) is 125 cm³/mol. The molecule has 2 amide bonds. The molecule has 0 bridgehead atoms. The number of carbonyl (C=O) groups is 1. The van der Waals surface area contributed by atoms with Crippen molar-refractivity contribution in [1.29, 1.82) is 0 Å². The van der Waals surface area contributed by atoms with Crippen molar-refractivity contribution in [3.8, 4) is 0 Å². The standard InChI is InChI=1S/C23H26Cl2N4O2/c1-23(2,21(30)19-12-17(25)11-14-13-26-28-20(14)19)15-7-9-29(10-8-15)22(31)27-18-5-3-16(24)4-6-18/h3-6,11-13,15,21,30H,7-10H2,1-2H3,(H,26,28)(H,27,31)/t21-/m0/s1. The molecule has 0 saturated carbocycles. The highest BCUT2D eigenvalue weighted by molar-refractivity contribution is 6.31. The lowest BCUT2D eigenvalue weighted by atomic mass is 9.68.